The lowest BCUT2D eigenvalue weighted by Gasteiger charge is -2.06. The van der Waals surface area contributed by atoms with Gasteiger partial charge in [-0.15, -0.1) is 11.6 Å². The summed E-state index contributed by atoms with van der Waals surface area (Å²) in [5.41, 5.74) is 1.90. The summed E-state index contributed by atoms with van der Waals surface area (Å²) in [7, 11) is -0.748. The van der Waals surface area contributed by atoms with Gasteiger partial charge >= 0.3 is 0 Å². The Morgan fingerprint density at radius 3 is 3.06 bits per heavy atom. The molecule has 2 aromatic rings. The Morgan fingerprint density at radius 1 is 1.53 bits per heavy atom. The molecule has 0 bridgehead atoms. The minimum atomic E-state index is -0.748. The van der Waals surface area contributed by atoms with Crippen LogP contribution in [-0.4, -0.2) is 30.8 Å². The Balaban J connectivity index is 2.27. The van der Waals surface area contributed by atoms with Gasteiger partial charge in [0.15, 0.2) is 0 Å². The van der Waals surface area contributed by atoms with Crippen molar-refractivity contribution in [3.05, 3.63) is 24.3 Å². The van der Waals surface area contributed by atoms with E-state index in [1.54, 1.807) is 18.6 Å². The quantitative estimate of drug-likeness (QED) is 0.781. The molecule has 0 spiro atoms. The molecule has 2 aromatic heterocycles. The van der Waals surface area contributed by atoms with Crippen molar-refractivity contribution in [3.63, 3.8) is 0 Å². The number of hydrogen-bond donors (Lipinski definition) is 0. The lowest BCUT2D eigenvalue weighted by molar-refractivity contribution is 0.657. The normalized spacial score (nSPS) is 13.1. The van der Waals surface area contributed by atoms with Gasteiger partial charge in [0, 0.05) is 35.5 Å². The van der Waals surface area contributed by atoms with Crippen LogP contribution < -0.4 is 0 Å². The molecule has 2 heterocycles. The highest BCUT2D eigenvalue weighted by atomic mass is 35.5. The molecule has 17 heavy (non-hydrogen) atoms. The maximum absolute atomic E-state index is 11.0. The molecule has 0 saturated heterocycles. The number of alkyl halides is 1. The number of nitrogens with zero attached hydrogens (tertiary/aromatic N) is 3. The van der Waals surface area contributed by atoms with Gasteiger partial charge in [0.25, 0.3) is 0 Å². The number of aryl methyl sites for hydroxylation is 1. The molecule has 0 saturated carbocycles. The summed E-state index contributed by atoms with van der Waals surface area (Å²) in [5.74, 6) is 1.92. The summed E-state index contributed by atoms with van der Waals surface area (Å²) in [4.78, 5) is 8.46. The van der Waals surface area contributed by atoms with Gasteiger partial charge < -0.3 is 4.57 Å². The van der Waals surface area contributed by atoms with Gasteiger partial charge in [0.05, 0.1) is 17.6 Å². The van der Waals surface area contributed by atoms with Gasteiger partial charge in [0.2, 0.25) is 0 Å². The summed E-state index contributed by atoms with van der Waals surface area (Å²) in [6.45, 7) is 0.794. The summed E-state index contributed by atoms with van der Waals surface area (Å²) >= 11 is 5.88. The van der Waals surface area contributed by atoms with Crippen molar-refractivity contribution in [2.75, 3.05) is 12.0 Å². The number of rotatable bonds is 5. The largest absolute Gasteiger partial charge is 0.327 e. The Kier molecular flexibility index (Phi) is 4.12. The second kappa shape index (κ2) is 5.60. The summed E-state index contributed by atoms with van der Waals surface area (Å²) < 4.78 is 13.1. The van der Waals surface area contributed by atoms with Crippen molar-refractivity contribution in [2.45, 2.75) is 18.8 Å². The number of pyridine rings is 1. The molecule has 4 nitrogen and oxygen atoms in total. The van der Waals surface area contributed by atoms with E-state index in [9.17, 15) is 4.21 Å². The van der Waals surface area contributed by atoms with Crippen LogP contribution in [0.5, 0.6) is 0 Å². The molecule has 0 N–H and O–H groups in total. The number of aromatic nitrogens is 3. The van der Waals surface area contributed by atoms with Gasteiger partial charge in [-0.05, 0) is 12.5 Å². The molecule has 0 aromatic carbocycles. The molecular formula is C11H14ClN3OS. The fourth-order valence-electron chi connectivity index (χ4n) is 1.81. The molecule has 2 rings (SSSR count). The Hall–Kier alpha value is -0.940. The first-order valence-electron chi connectivity index (χ1n) is 5.37. The fraction of sp³-hybridized carbons (Fsp3) is 0.455. The second-order valence-electron chi connectivity index (χ2n) is 3.81. The van der Waals surface area contributed by atoms with Gasteiger partial charge in [0.1, 0.15) is 11.3 Å². The van der Waals surface area contributed by atoms with Crippen LogP contribution in [0.1, 0.15) is 12.2 Å². The first-order chi connectivity index (χ1) is 8.22. The van der Waals surface area contributed by atoms with E-state index in [0.29, 0.717) is 11.6 Å². The topological polar surface area (TPSA) is 47.8 Å². The zero-order valence-electron chi connectivity index (χ0n) is 9.60. The molecule has 0 radical (unpaired) electrons. The molecule has 0 amide bonds. The van der Waals surface area contributed by atoms with Crippen molar-refractivity contribution in [1.82, 2.24) is 14.5 Å². The van der Waals surface area contributed by atoms with E-state index in [2.05, 4.69) is 14.5 Å². The predicted molar refractivity (Wildman–Crippen MR) is 70.6 cm³/mol. The third-order valence-corrected chi connectivity index (χ3v) is 3.67. The molecule has 6 heteroatoms. The van der Waals surface area contributed by atoms with Crippen LogP contribution in [0.3, 0.4) is 0 Å². The monoisotopic (exact) mass is 271 g/mol. The van der Waals surface area contributed by atoms with Crippen molar-refractivity contribution in [2.24, 2.45) is 0 Å². The van der Waals surface area contributed by atoms with E-state index in [1.165, 1.54) is 0 Å². The third-order valence-electron chi connectivity index (χ3n) is 2.56. The Morgan fingerprint density at radius 2 is 2.35 bits per heavy atom. The van der Waals surface area contributed by atoms with Crippen molar-refractivity contribution < 1.29 is 4.21 Å². The predicted octanol–water partition coefficient (Wildman–Crippen LogP) is 1.94. The van der Waals surface area contributed by atoms with E-state index in [4.69, 9.17) is 11.6 Å². The lowest BCUT2D eigenvalue weighted by atomic mass is 10.4. The summed E-state index contributed by atoms with van der Waals surface area (Å²) in [6.07, 6.45) is 6.07. The van der Waals surface area contributed by atoms with Crippen molar-refractivity contribution >= 4 is 33.4 Å². The highest BCUT2D eigenvalue weighted by Gasteiger charge is 2.09. The maximum Gasteiger partial charge on any atom is 0.124 e. The van der Waals surface area contributed by atoms with Gasteiger partial charge in [-0.3, -0.25) is 9.19 Å². The smallest absolute Gasteiger partial charge is 0.124 e. The molecule has 0 aliphatic heterocycles. The van der Waals surface area contributed by atoms with Crippen LogP contribution in [-0.2, 0) is 23.2 Å². The third kappa shape index (κ3) is 2.84. The molecule has 92 valence electrons. The van der Waals surface area contributed by atoms with Crippen LogP contribution in [0.4, 0.5) is 0 Å². The van der Waals surface area contributed by atoms with Gasteiger partial charge in [-0.2, -0.15) is 0 Å². The Bertz CT molecular complexity index is 540. The molecule has 1 unspecified atom stereocenters. The van der Waals surface area contributed by atoms with Gasteiger partial charge in [-0.1, -0.05) is 0 Å². The standard InChI is InChI=1S/C11H14ClN3OS/c1-17(16)6-2-5-15-10-3-4-13-8-9(10)14-11(15)7-12/h3-4,8H,2,5-7H2,1H3. The average molecular weight is 272 g/mol. The maximum atomic E-state index is 11.0. The first-order valence-corrected chi connectivity index (χ1v) is 7.63. The molecular weight excluding hydrogens is 258 g/mol. The fourth-order valence-corrected chi connectivity index (χ4v) is 2.55. The Labute approximate surface area is 107 Å². The van der Waals surface area contributed by atoms with Crippen LogP contribution >= 0.6 is 11.6 Å². The van der Waals surface area contributed by atoms with Crippen molar-refractivity contribution in [3.8, 4) is 0 Å². The number of halogens is 1. The molecule has 0 aliphatic rings. The second-order valence-corrected chi connectivity index (χ2v) is 5.63. The first kappa shape index (κ1) is 12.5. The van der Waals surface area contributed by atoms with E-state index in [0.717, 1.165) is 29.8 Å². The van der Waals surface area contributed by atoms with Crippen molar-refractivity contribution in [1.29, 1.82) is 0 Å². The molecule has 0 fully saturated rings. The van der Waals surface area contributed by atoms with Gasteiger partial charge in [-0.25, -0.2) is 4.98 Å². The SMILES string of the molecule is CS(=O)CCCn1c(CCl)nc2cnccc21. The summed E-state index contributed by atoms with van der Waals surface area (Å²) in [6, 6.07) is 1.93. The van der Waals surface area contributed by atoms with E-state index < -0.39 is 10.8 Å². The minimum Gasteiger partial charge on any atom is -0.327 e. The van der Waals surface area contributed by atoms with E-state index >= 15 is 0 Å². The number of imidazole rings is 1. The highest BCUT2D eigenvalue weighted by molar-refractivity contribution is 7.84. The van der Waals surface area contributed by atoms with Crippen LogP contribution in [0.25, 0.3) is 11.0 Å². The average Bonchev–Trinajstić information content (AvgIpc) is 2.67. The zero-order chi connectivity index (χ0) is 12.3. The minimum absolute atomic E-state index is 0.379. The molecule has 0 aliphatic carbocycles. The van der Waals surface area contributed by atoms with Crippen LogP contribution in [0.15, 0.2) is 18.5 Å². The van der Waals surface area contributed by atoms with E-state index in [-0.39, 0.29) is 0 Å². The van der Waals surface area contributed by atoms with Crippen LogP contribution in [0.2, 0.25) is 0 Å². The lowest BCUT2D eigenvalue weighted by Crippen LogP contribution is -2.06. The number of fused-ring (bicyclic) bond motifs is 1. The zero-order valence-corrected chi connectivity index (χ0v) is 11.2. The molecule has 1 atom stereocenters. The van der Waals surface area contributed by atoms with E-state index in [1.807, 2.05) is 6.07 Å². The van der Waals surface area contributed by atoms with Crippen LogP contribution in [0, 0.1) is 0 Å². The summed E-state index contributed by atoms with van der Waals surface area (Å²) in [5, 5.41) is 0. The number of hydrogen-bond acceptors (Lipinski definition) is 3. The highest BCUT2D eigenvalue weighted by Crippen LogP contribution is 2.16.